The van der Waals surface area contributed by atoms with Crippen molar-refractivity contribution in [3.63, 3.8) is 0 Å². The molecule has 5 nitrogen and oxygen atoms in total. The van der Waals surface area contributed by atoms with Gasteiger partial charge in [-0.3, -0.25) is 4.79 Å². The minimum absolute atomic E-state index is 0. The smallest absolute Gasteiger partial charge is 0.223 e. The van der Waals surface area contributed by atoms with Crippen molar-refractivity contribution < 1.29 is 14.3 Å². The zero-order chi connectivity index (χ0) is 14.4. The van der Waals surface area contributed by atoms with Gasteiger partial charge in [0.05, 0.1) is 6.54 Å². The molecule has 2 rings (SSSR count). The maximum absolute atomic E-state index is 12.0. The minimum Gasteiger partial charge on any atom is -0.486 e. The number of nitrogens with one attached hydrogen (secondary N) is 1. The van der Waals surface area contributed by atoms with Gasteiger partial charge in [0.15, 0.2) is 17.6 Å². The molecular weight excluding hydrogens is 292 g/mol. The van der Waals surface area contributed by atoms with E-state index in [1.807, 2.05) is 43.1 Å². The van der Waals surface area contributed by atoms with E-state index in [4.69, 9.17) is 9.47 Å². The van der Waals surface area contributed by atoms with Crippen LogP contribution in [0.15, 0.2) is 24.3 Å². The molecule has 1 aliphatic rings. The molecular formula is C15H23ClN2O3. The molecule has 1 aromatic rings. The fourth-order valence-electron chi connectivity index (χ4n) is 2.20. The van der Waals surface area contributed by atoms with Gasteiger partial charge in [-0.05, 0) is 26.1 Å². The summed E-state index contributed by atoms with van der Waals surface area (Å²) in [7, 11) is 1.85. The SMILES string of the molecule is CCN(CC1COc2ccccc2O1)C(=O)CCNC.Cl. The quantitative estimate of drug-likeness (QED) is 0.868. The molecule has 0 aliphatic carbocycles. The summed E-state index contributed by atoms with van der Waals surface area (Å²) in [5, 5.41) is 2.99. The lowest BCUT2D eigenvalue weighted by Gasteiger charge is -2.31. The summed E-state index contributed by atoms with van der Waals surface area (Å²) in [5.41, 5.74) is 0. The highest BCUT2D eigenvalue weighted by atomic mass is 35.5. The predicted molar refractivity (Wildman–Crippen MR) is 84.4 cm³/mol. The Bertz CT molecular complexity index is 456. The molecule has 21 heavy (non-hydrogen) atoms. The number of carbonyl (C=O) groups excluding carboxylic acids is 1. The Balaban J connectivity index is 0.00000220. The first-order chi connectivity index (χ1) is 9.74. The van der Waals surface area contributed by atoms with Gasteiger partial charge in [0.2, 0.25) is 5.91 Å². The first kappa shape index (κ1) is 17.6. The van der Waals surface area contributed by atoms with Crippen molar-refractivity contribution in [3.05, 3.63) is 24.3 Å². The molecule has 118 valence electrons. The standard InChI is InChI=1S/C15H22N2O3.ClH/c1-3-17(15(18)8-9-16-2)10-12-11-19-13-6-4-5-7-14(13)20-12;/h4-7,12,16H,3,8-11H2,1-2H3;1H. The number of likely N-dealkylation sites (N-methyl/N-ethyl adjacent to an activating group) is 1. The maximum Gasteiger partial charge on any atom is 0.223 e. The van der Waals surface area contributed by atoms with E-state index in [2.05, 4.69) is 5.32 Å². The van der Waals surface area contributed by atoms with E-state index in [0.29, 0.717) is 32.7 Å². The summed E-state index contributed by atoms with van der Waals surface area (Å²) in [4.78, 5) is 13.9. The van der Waals surface area contributed by atoms with Crippen molar-refractivity contribution in [1.29, 1.82) is 0 Å². The molecule has 1 aliphatic heterocycles. The summed E-state index contributed by atoms with van der Waals surface area (Å²) in [6, 6.07) is 7.62. The molecule has 0 saturated carbocycles. The van der Waals surface area contributed by atoms with Crippen LogP contribution in [0.1, 0.15) is 13.3 Å². The molecule has 0 aromatic heterocycles. The van der Waals surface area contributed by atoms with E-state index in [1.165, 1.54) is 0 Å². The first-order valence-electron chi connectivity index (χ1n) is 7.05. The van der Waals surface area contributed by atoms with Gasteiger partial charge in [0.1, 0.15) is 6.61 Å². The average Bonchev–Trinajstić information content (AvgIpc) is 2.50. The molecule has 0 bridgehead atoms. The number of rotatable bonds is 6. The van der Waals surface area contributed by atoms with Crippen LogP contribution < -0.4 is 14.8 Å². The van der Waals surface area contributed by atoms with Crippen molar-refractivity contribution in [2.24, 2.45) is 0 Å². The summed E-state index contributed by atoms with van der Waals surface area (Å²) >= 11 is 0. The van der Waals surface area contributed by atoms with Gasteiger partial charge < -0.3 is 19.7 Å². The largest absolute Gasteiger partial charge is 0.486 e. The molecule has 6 heteroatoms. The highest BCUT2D eigenvalue weighted by Gasteiger charge is 2.24. The number of nitrogens with zero attached hydrogens (tertiary/aromatic N) is 1. The summed E-state index contributed by atoms with van der Waals surface area (Å²) in [6.45, 7) is 4.40. The van der Waals surface area contributed by atoms with Gasteiger partial charge >= 0.3 is 0 Å². The van der Waals surface area contributed by atoms with Gasteiger partial charge in [-0.2, -0.15) is 0 Å². The molecule has 0 spiro atoms. The Morgan fingerprint density at radius 3 is 2.76 bits per heavy atom. The lowest BCUT2D eigenvalue weighted by atomic mass is 10.2. The molecule has 1 N–H and O–H groups in total. The van der Waals surface area contributed by atoms with Gasteiger partial charge in [-0.15, -0.1) is 12.4 Å². The zero-order valence-corrected chi connectivity index (χ0v) is 13.3. The predicted octanol–water partition coefficient (Wildman–Crippen LogP) is 1.71. The molecule has 1 amide bonds. The van der Waals surface area contributed by atoms with E-state index in [0.717, 1.165) is 11.5 Å². The van der Waals surface area contributed by atoms with Crippen LogP contribution >= 0.6 is 12.4 Å². The lowest BCUT2D eigenvalue weighted by molar-refractivity contribution is -0.132. The van der Waals surface area contributed by atoms with Gasteiger partial charge in [0, 0.05) is 19.5 Å². The van der Waals surface area contributed by atoms with Crippen LogP contribution in [0.4, 0.5) is 0 Å². The molecule has 1 atom stereocenters. The van der Waals surface area contributed by atoms with Crippen LogP contribution in [0.5, 0.6) is 11.5 Å². The second-order valence-electron chi connectivity index (χ2n) is 4.78. The minimum atomic E-state index is -0.108. The third-order valence-corrected chi connectivity index (χ3v) is 3.31. The molecule has 1 heterocycles. The number of fused-ring (bicyclic) bond motifs is 1. The molecule has 0 radical (unpaired) electrons. The van der Waals surface area contributed by atoms with E-state index in [-0.39, 0.29) is 24.4 Å². The number of amides is 1. The number of hydrogen-bond donors (Lipinski definition) is 1. The van der Waals surface area contributed by atoms with Gasteiger partial charge in [-0.25, -0.2) is 0 Å². The van der Waals surface area contributed by atoms with E-state index < -0.39 is 0 Å². The topological polar surface area (TPSA) is 50.8 Å². The van der Waals surface area contributed by atoms with Crippen molar-refractivity contribution in [3.8, 4) is 11.5 Å². The van der Waals surface area contributed by atoms with Gasteiger partial charge in [0.25, 0.3) is 0 Å². The number of para-hydroxylation sites is 2. The zero-order valence-electron chi connectivity index (χ0n) is 12.5. The van der Waals surface area contributed by atoms with Crippen molar-refractivity contribution in [2.75, 3.05) is 33.3 Å². The normalized spacial score (nSPS) is 16.0. The third kappa shape index (κ3) is 4.79. The monoisotopic (exact) mass is 314 g/mol. The fraction of sp³-hybridized carbons (Fsp3) is 0.533. The number of benzene rings is 1. The Kier molecular flexibility index (Phi) is 7.32. The second-order valence-corrected chi connectivity index (χ2v) is 4.78. The van der Waals surface area contributed by atoms with Crippen LogP contribution in [0, 0.1) is 0 Å². The van der Waals surface area contributed by atoms with E-state index >= 15 is 0 Å². The van der Waals surface area contributed by atoms with Crippen molar-refractivity contribution in [1.82, 2.24) is 10.2 Å². The van der Waals surface area contributed by atoms with Crippen LogP contribution in [0.25, 0.3) is 0 Å². The lowest BCUT2D eigenvalue weighted by Crippen LogP contribution is -2.44. The van der Waals surface area contributed by atoms with Crippen molar-refractivity contribution >= 4 is 18.3 Å². The summed E-state index contributed by atoms with van der Waals surface area (Å²) < 4.78 is 11.6. The number of ether oxygens (including phenoxy) is 2. The second kappa shape index (κ2) is 8.74. The molecule has 0 saturated heterocycles. The number of carbonyl (C=O) groups is 1. The highest BCUT2D eigenvalue weighted by molar-refractivity contribution is 5.85. The van der Waals surface area contributed by atoms with E-state index in [1.54, 1.807) is 0 Å². The molecule has 0 fully saturated rings. The Hall–Kier alpha value is -1.46. The maximum atomic E-state index is 12.0. The van der Waals surface area contributed by atoms with Crippen LogP contribution in [-0.2, 0) is 4.79 Å². The van der Waals surface area contributed by atoms with Gasteiger partial charge in [-0.1, -0.05) is 12.1 Å². The Morgan fingerprint density at radius 2 is 2.10 bits per heavy atom. The van der Waals surface area contributed by atoms with Crippen molar-refractivity contribution in [2.45, 2.75) is 19.4 Å². The average molecular weight is 315 g/mol. The molecule has 1 aromatic carbocycles. The Morgan fingerprint density at radius 1 is 1.38 bits per heavy atom. The van der Waals surface area contributed by atoms with Crippen LogP contribution in [0.3, 0.4) is 0 Å². The number of halogens is 1. The summed E-state index contributed by atoms with van der Waals surface area (Å²) in [5.74, 6) is 1.67. The first-order valence-corrected chi connectivity index (χ1v) is 7.05. The van der Waals surface area contributed by atoms with Crippen LogP contribution in [-0.4, -0.2) is 50.2 Å². The van der Waals surface area contributed by atoms with E-state index in [9.17, 15) is 4.79 Å². The Labute approximate surface area is 132 Å². The highest BCUT2D eigenvalue weighted by Crippen LogP contribution is 2.30. The summed E-state index contributed by atoms with van der Waals surface area (Å²) in [6.07, 6.45) is 0.400. The third-order valence-electron chi connectivity index (χ3n) is 3.31. The number of hydrogen-bond acceptors (Lipinski definition) is 4. The fourth-order valence-corrected chi connectivity index (χ4v) is 2.20. The molecule has 1 unspecified atom stereocenters. The van der Waals surface area contributed by atoms with Crippen LogP contribution in [0.2, 0.25) is 0 Å².